The number of rotatable bonds is 7. The first kappa shape index (κ1) is 26.6. The summed E-state index contributed by atoms with van der Waals surface area (Å²) >= 11 is 0. The average molecular weight is 503 g/mol. The molecular weight excluding hydrogens is 476 g/mol. The van der Waals surface area contributed by atoms with Gasteiger partial charge in [0.15, 0.2) is 11.5 Å². The number of carbonyl (C=O) groups is 4. The van der Waals surface area contributed by atoms with Gasteiger partial charge >= 0.3 is 17.8 Å². The maximum Gasteiger partial charge on any atom is 0.343 e. The second-order valence-corrected chi connectivity index (χ2v) is 7.97. The van der Waals surface area contributed by atoms with Crippen LogP contribution in [0.5, 0.6) is 11.5 Å². The minimum absolute atomic E-state index is 0.220. The number of carbonyl (C=O) groups excluding carboxylic acids is 4. The highest BCUT2D eigenvalue weighted by molar-refractivity contribution is 6.39. The molecule has 0 radical (unpaired) electrons. The fourth-order valence-electron chi connectivity index (χ4n) is 3.10. The van der Waals surface area contributed by atoms with Gasteiger partial charge in [-0.15, -0.1) is 0 Å². The first-order valence-electron chi connectivity index (χ1n) is 11.2. The number of methoxy groups -OCH3 is 1. The lowest BCUT2D eigenvalue weighted by molar-refractivity contribution is -0.136. The van der Waals surface area contributed by atoms with Crippen molar-refractivity contribution >= 4 is 40.8 Å². The fraction of sp³-hybridized carbons (Fsp3) is 0.148. The van der Waals surface area contributed by atoms with Crippen LogP contribution in [0.4, 0.5) is 11.4 Å². The number of anilines is 2. The van der Waals surface area contributed by atoms with Crippen LogP contribution in [0.1, 0.15) is 35.3 Å². The van der Waals surface area contributed by atoms with Gasteiger partial charge in [-0.05, 0) is 68.4 Å². The third-order valence-electron chi connectivity index (χ3n) is 5.07. The Hall–Kier alpha value is -4.99. The van der Waals surface area contributed by atoms with Crippen molar-refractivity contribution in [3.8, 4) is 11.5 Å². The van der Waals surface area contributed by atoms with Crippen LogP contribution in [-0.4, -0.2) is 36.5 Å². The maximum absolute atomic E-state index is 12.4. The Bertz CT molecular complexity index is 1350. The number of hydrazone groups is 1. The second kappa shape index (κ2) is 12.1. The normalized spacial score (nSPS) is 10.8. The van der Waals surface area contributed by atoms with Gasteiger partial charge < -0.3 is 20.1 Å². The lowest BCUT2D eigenvalue weighted by atomic mass is 10.1. The third-order valence-corrected chi connectivity index (χ3v) is 5.07. The molecule has 190 valence electrons. The van der Waals surface area contributed by atoms with E-state index >= 15 is 0 Å². The summed E-state index contributed by atoms with van der Waals surface area (Å²) in [5.74, 6) is -2.13. The molecule has 0 aliphatic heterocycles. The Balaban J connectivity index is 1.62. The first-order valence-corrected chi connectivity index (χ1v) is 11.2. The molecule has 0 bridgehead atoms. The van der Waals surface area contributed by atoms with Crippen LogP contribution in [-0.2, 0) is 14.4 Å². The number of hydrogen-bond acceptors (Lipinski definition) is 7. The fourth-order valence-corrected chi connectivity index (χ4v) is 3.10. The van der Waals surface area contributed by atoms with Gasteiger partial charge in [-0.1, -0.05) is 17.7 Å². The molecule has 0 fully saturated rings. The Labute approximate surface area is 213 Å². The summed E-state index contributed by atoms with van der Waals surface area (Å²) in [6.45, 7) is 4.94. The predicted octanol–water partition coefficient (Wildman–Crippen LogP) is 3.66. The van der Waals surface area contributed by atoms with Crippen molar-refractivity contribution < 1.29 is 28.7 Å². The molecular formula is C27H26N4O6. The highest BCUT2D eigenvalue weighted by Gasteiger charge is 2.16. The van der Waals surface area contributed by atoms with Crippen molar-refractivity contribution in [3.05, 3.63) is 83.4 Å². The van der Waals surface area contributed by atoms with Gasteiger partial charge in [-0.3, -0.25) is 14.4 Å². The van der Waals surface area contributed by atoms with Crippen molar-refractivity contribution in [2.75, 3.05) is 17.7 Å². The number of ether oxygens (including phenoxy) is 2. The Morgan fingerprint density at radius 2 is 1.32 bits per heavy atom. The molecule has 0 heterocycles. The smallest absolute Gasteiger partial charge is 0.343 e. The van der Waals surface area contributed by atoms with E-state index in [0.29, 0.717) is 34.0 Å². The summed E-state index contributed by atoms with van der Waals surface area (Å²) in [6, 6.07) is 18.0. The minimum atomic E-state index is -0.971. The zero-order valence-electron chi connectivity index (χ0n) is 20.7. The van der Waals surface area contributed by atoms with Gasteiger partial charge in [-0.2, -0.15) is 5.10 Å². The number of amides is 3. The molecule has 3 rings (SSSR count). The molecule has 0 unspecified atom stereocenters. The Kier molecular flexibility index (Phi) is 8.71. The van der Waals surface area contributed by atoms with E-state index in [-0.39, 0.29) is 11.7 Å². The second-order valence-electron chi connectivity index (χ2n) is 7.97. The van der Waals surface area contributed by atoms with Crippen molar-refractivity contribution in [1.82, 2.24) is 5.43 Å². The van der Waals surface area contributed by atoms with Gasteiger partial charge in [0.25, 0.3) is 0 Å². The molecule has 0 saturated carbocycles. The summed E-state index contributed by atoms with van der Waals surface area (Å²) in [6.07, 6.45) is 0. The summed E-state index contributed by atoms with van der Waals surface area (Å²) in [4.78, 5) is 47.9. The van der Waals surface area contributed by atoms with Gasteiger partial charge in [0.1, 0.15) is 0 Å². The van der Waals surface area contributed by atoms with Gasteiger partial charge in [-0.25, -0.2) is 10.2 Å². The Morgan fingerprint density at radius 1 is 0.730 bits per heavy atom. The standard InChI is InChI=1S/C27H26N4O6/c1-16-5-7-19(8-6-16)27(35)37-23-14-9-20(15-24(23)36-4)17(2)30-31-26(34)25(33)29-22-12-10-21(11-13-22)28-18(3)32/h5-15H,1-4H3,(H,28,32)(H,29,33)(H,31,34)/b30-17+. The molecule has 0 spiro atoms. The molecule has 0 atom stereocenters. The van der Waals surface area contributed by atoms with Crippen molar-refractivity contribution in [3.63, 3.8) is 0 Å². The zero-order chi connectivity index (χ0) is 26.9. The molecule has 37 heavy (non-hydrogen) atoms. The topological polar surface area (TPSA) is 135 Å². The van der Waals surface area contributed by atoms with Crippen LogP contribution in [0.3, 0.4) is 0 Å². The summed E-state index contributed by atoms with van der Waals surface area (Å²) in [5.41, 5.74) is 5.51. The van der Waals surface area contributed by atoms with Crippen LogP contribution in [0.25, 0.3) is 0 Å². The molecule has 3 N–H and O–H groups in total. The molecule has 3 aromatic rings. The molecule has 0 aliphatic carbocycles. The molecule has 0 aromatic heterocycles. The van der Waals surface area contributed by atoms with Gasteiger partial charge in [0, 0.05) is 23.9 Å². The average Bonchev–Trinajstić information content (AvgIpc) is 2.88. The van der Waals surface area contributed by atoms with E-state index in [2.05, 4.69) is 21.2 Å². The first-order chi connectivity index (χ1) is 17.7. The SMILES string of the molecule is COc1cc(/C(C)=N/NC(=O)C(=O)Nc2ccc(NC(C)=O)cc2)ccc1OC(=O)c1ccc(C)cc1. The van der Waals surface area contributed by atoms with Crippen LogP contribution in [0, 0.1) is 6.92 Å². The molecule has 0 aliphatic rings. The van der Waals surface area contributed by atoms with E-state index in [1.807, 2.05) is 19.1 Å². The van der Waals surface area contributed by atoms with Crippen molar-refractivity contribution in [2.45, 2.75) is 20.8 Å². The lowest BCUT2D eigenvalue weighted by Gasteiger charge is -2.11. The predicted molar refractivity (Wildman–Crippen MR) is 139 cm³/mol. The maximum atomic E-state index is 12.4. The zero-order valence-corrected chi connectivity index (χ0v) is 20.7. The number of aryl methyl sites for hydroxylation is 1. The van der Waals surface area contributed by atoms with E-state index in [4.69, 9.17) is 9.47 Å². The van der Waals surface area contributed by atoms with E-state index in [0.717, 1.165) is 5.56 Å². The monoisotopic (exact) mass is 502 g/mol. The Morgan fingerprint density at radius 3 is 1.92 bits per heavy atom. The van der Waals surface area contributed by atoms with Crippen LogP contribution in [0.2, 0.25) is 0 Å². The molecule has 3 aromatic carbocycles. The van der Waals surface area contributed by atoms with E-state index in [9.17, 15) is 19.2 Å². The number of benzene rings is 3. The summed E-state index contributed by atoms with van der Waals surface area (Å²) in [5, 5.41) is 9.02. The van der Waals surface area contributed by atoms with E-state index < -0.39 is 17.8 Å². The number of nitrogens with one attached hydrogen (secondary N) is 3. The lowest BCUT2D eigenvalue weighted by Crippen LogP contribution is -2.32. The van der Waals surface area contributed by atoms with Crippen LogP contribution >= 0.6 is 0 Å². The third kappa shape index (κ3) is 7.49. The van der Waals surface area contributed by atoms with Gasteiger partial charge in [0.05, 0.1) is 18.4 Å². The molecule has 0 saturated heterocycles. The highest BCUT2D eigenvalue weighted by Crippen LogP contribution is 2.29. The summed E-state index contributed by atoms with van der Waals surface area (Å²) < 4.78 is 10.8. The quantitative estimate of drug-likeness (QED) is 0.148. The van der Waals surface area contributed by atoms with Crippen molar-refractivity contribution in [1.29, 1.82) is 0 Å². The minimum Gasteiger partial charge on any atom is -0.493 e. The number of nitrogens with zero attached hydrogens (tertiary/aromatic N) is 1. The molecule has 10 nitrogen and oxygen atoms in total. The highest BCUT2D eigenvalue weighted by atomic mass is 16.6. The van der Waals surface area contributed by atoms with E-state index in [1.54, 1.807) is 61.5 Å². The molecule has 3 amide bonds. The number of esters is 1. The van der Waals surface area contributed by atoms with Crippen LogP contribution < -0.4 is 25.5 Å². The van der Waals surface area contributed by atoms with E-state index in [1.165, 1.54) is 14.0 Å². The number of hydrogen-bond donors (Lipinski definition) is 3. The molecule has 10 heteroatoms. The van der Waals surface area contributed by atoms with Crippen LogP contribution in [0.15, 0.2) is 71.8 Å². The van der Waals surface area contributed by atoms with Crippen molar-refractivity contribution in [2.24, 2.45) is 5.10 Å². The van der Waals surface area contributed by atoms with Gasteiger partial charge in [0.2, 0.25) is 5.91 Å². The largest absolute Gasteiger partial charge is 0.493 e. The summed E-state index contributed by atoms with van der Waals surface area (Å²) in [7, 11) is 1.43.